The number of ether oxygens (including phenoxy) is 1. The fourth-order valence-corrected chi connectivity index (χ4v) is 5.29. The number of benzene rings is 1. The zero-order valence-electron chi connectivity index (χ0n) is 18.9. The van der Waals surface area contributed by atoms with Gasteiger partial charge < -0.3 is 14.1 Å². The average molecular weight is 542 g/mol. The lowest BCUT2D eigenvalue weighted by Gasteiger charge is -2.33. The van der Waals surface area contributed by atoms with Gasteiger partial charge in [-0.3, -0.25) is 14.4 Å². The molecular formula is C23H20Cl2F3N5O3. The SMILES string of the molecule is C[C@@H]1Cc2nn3c(c2CN1C(=O)c1ccc(Cl)c(Cl)c1)C1OC1N(Cc1coc(C(F)(F)F)n1)CC3. The van der Waals surface area contributed by atoms with Gasteiger partial charge in [-0.1, -0.05) is 23.2 Å². The van der Waals surface area contributed by atoms with Gasteiger partial charge >= 0.3 is 12.1 Å². The van der Waals surface area contributed by atoms with Crippen LogP contribution in [-0.4, -0.2) is 49.3 Å². The summed E-state index contributed by atoms with van der Waals surface area (Å²) >= 11 is 12.1. The summed E-state index contributed by atoms with van der Waals surface area (Å²) < 4.78 is 51.0. The van der Waals surface area contributed by atoms with Gasteiger partial charge in [-0.2, -0.15) is 18.3 Å². The number of aromatic nitrogens is 3. The van der Waals surface area contributed by atoms with E-state index in [4.69, 9.17) is 33.0 Å². The minimum atomic E-state index is -4.63. The number of alkyl halides is 3. The second-order valence-corrected chi connectivity index (χ2v) is 10.0. The van der Waals surface area contributed by atoms with E-state index in [-0.39, 0.29) is 36.5 Å². The van der Waals surface area contributed by atoms with Crippen LogP contribution >= 0.6 is 23.2 Å². The molecule has 1 fully saturated rings. The van der Waals surface area contributed by atoms with Gasteiger partial charge in [-0.15, -0.1) is 0 Å². The highest BCUT2D eigenvalue weighted by molar-refractivity contribution is 6.42. The molecule has 0 spiro atoms. The molecule has 2 aromatic heterocycles. The number of epoxide rings is 1. The summed E-state index contributed by atoms with van der Waals surface area (Å²) in [6.07, 6.45) is -3.60. The Hall–Kier alpha value is -2.60. The van der Waals surface area contributed by atoms with E-state index in [0.29, 0.717) is 41.7 Å². The van der Waals surface area contributed by atoms with Crippen LogP contribution in [0.2, 0.25) is 10.0 Å². The first-order chi connectivity index (χ1) is 17.1. The molecule has 3 aliphatic rings. The van der Waals surface area contributed by atoms with E-state index in [9.17, 15) is 18.0 Å². The van der Waals surface area contributed by atoms with Crippen LogP contribution in [0.4, 0.5) is 13.2 Å². The van der Waals surface area contributed by atoms with Crippen molar-refractivity contribution in [2.75, 3.05) is 6.54 Å². The molecule has 3 aliphatic heterocycles. The third-order valence-corrected chi connectivity index (χ3v) is 7.55. The minimum Gasteiger partial charge on any atom is -0.441 e. The Balaban J connectivity index is 1.22. The molecule has 190 valence electrons. The van der Waals surface area contributed by atoms with Gasteiger partial charge in [0, 0.05) is 36.7 Å². The highest BCUT2D eigenvalue weighted by Gasteiger charge is 2.51. The van der Waals surface area contributed by atoms with Crippen molar-refractivity contribution in [2.45, 2.75) is 57.5 Å². The van der Waals surface area contributed by atoms with Gasteiger partial charge in [0.05, 0.1) is 40.2 Å². The number of carbonyl (C=O) groups excluding carboxylic acids is 1. The maximum atomic E-state index is 13.3. The molecule has 0 radical (unpaired) electrons. The van der Waals surface area contributed by atoms with Gasteiger partial charge in [-0.25, -0.2) is 4.98 Å². The number of nitrogens with zero attached hydrogens (tertiary/aromatic N) is 5. The molecule has 13 heteroatoms. The lowest BCUT2D eigenvalue weighted by atomic mass is 9.97. The zero-order chi connectivity index (χ0) is 25.4. The number of amides is 1. The van der Waals surface area contributed by atoms with Crippen LogP contribution in [0.3, 0.4) is 0 Å². The Morgan fingerprint density at radius 3 is 2.75 bits per heavy atom. The van der Waals surface area contributed by atoms with Crippen molar-refractivity contribution in [2.24, 2.45) is 0 Å². The van der Waals surface area contributed by atoms with Crippen molar-refractivity contribution in [3.63, 3.8) is 0 Å². The molecule has 5 heterocycles. The number of rotatable bonds is 3. The van der Waals surface area contributed by atoms with Crippen LogP contribution < -0.4 is 0 Å². The van der Waals surface area contributed by atoms with Crippen LogP contribution in [0.15, 0.2) is 28.9 Å². The standard InChI is InChI=1S/C23H20Cl2F3N5O3/c1-11-6-17-14(9-32(11)20(34)12-2-3-15(24)16(25)7-12)18-19-21(36-19)31(4-5-33(18)30-17)8-13-10-35-22(29-13)23(26,27)28/h2-3,7,10-11,19,21H,4-6,8-9H2,1H3/t11-,19?,21?/m1/s1. The van der Waals surface area contributed by atoms with E-state index in [0.717, 1.165) is 23.2 Å². The third-order valence-electron chi connectivity index (χ3n) is 6.81. The summed E-state index contributed by atoms with van der Waals surface area (Å²) in [4.78, 5) is 20.6. The smallest absolute Gasteiger partial charge is 0.441 e. The highest BCUT2D eigenvalue weighted by atomic mass is 35.5. The Kier molecular flexibility index (Phi) is 5.60. The Morgan fingerprint density at radius 2 is 2.03 bits per heavy atom. The molecule has 1 aromatic carbocycles. The summed E-state index contributed by atoms with van der Waals surface area (Å²) in [5.41, 5.74) is 3.44. The number of hydrogen-bond donors (Lipinski definition) is 0. The summed E-state index contributed by atoms with van der Waals surface area (Å²) in [6, 6.07) is 4.76. The number of oxazole rings is 1. The van der Waals surface area contributed by atoms with Gasteiger partial charge in [-0.05, 0) is 25.1 Å². The molecule has 0 aliphatic carbocycles. The molecule has 1 saturated heterocycles. The lowest BCUT2D eigenvalue weighted by Crippen LogP contribution is -2.42. The van der Waals surface area contributed by atoms with Crippen LogP contribution in [0.1, 0.15) is 51.9 Å². The van der Waals surface area contributed by atoms with E-state index >= 15 is 0 Å². The van der Waals surface area contributed by atoms with Gasteiger partial charge in [0.15, 0.2) is 0 Å². The van der Waals surface area contributed by atoms with Crippen LogP contribution in [0, 0.1) is 0 Å². The third kappa shape index (κ3) is 4.07. The summed E-state index contributed by atoms with van der Waals surface area (Å²) in [5.74, 6) is -1.41. The molecule has 3 aromatic rings. The Morgan fingerprint density at radius 1 is 1.22 bits per heavy atom. The number of carbonyl (C=O) groups is 1. The van der Waals surface area contributed by atoms with Crippen LogP contribution in [0.25, 0.3) is 0 Å². The van der Waals surface area contributed by atoms with E-state index in [2.05, 4.69) is 9.40 Å². The van der Waals surface area contributed by atoms with Crippen LogP contribution in [0.5, 0.6) is 0 Å². The van der Waals surface area contributed by atoms with Gasteiger partial charge in [0.1, 0.15) is 18.6 Å². The van der Waals surface area contributed by atoms with Crippen molar-refractivity contribution in [1.82, 2.24) is 24.6 Å². The molecule has 2 unspecified atom stereocenters. The van der Waals surface area contributed by atoms with E-state index in [1.165, 1.54) is 0 Å². The first kappa shape index (κ1) is 23.8. The normalized spacial score (nSPS) is 23.6. The minimum absolute atomic E-state index is 0.0685. The molecule has 36 heavy (non-hydrogen) atoms. The predicted octanol–water partition coefficient (Wildman–Crippen LogP) is 4.70. The van der Waals surface area contributed by atoms with Crippen molar-refractivity contribution < 1.29 is 27.1 Å². The van der Waals surface area contributed by atoms with Gasteiger partial charge in [0.25, 0.3) is 5.91 Å². The molecule has 8 nitrogen and oxygen atoms in total. The summed E-state index contributed by atoms with van der Waals surface area (Å²) in [5, 5.41) is 5.50. The summed E-state index contributed by atoms with van der Waals surface area (Å²) in [6.45, 7) is 3.57. The maximum Gasteiger partial charge on any atom is 0.468 e. The first-order valence-electron chi connectivity index (χ1n) is 11.4. The quantitative estimate of drug-likeness (QED) is 0.447. The lowest BCUT2D eigenvalue weighted by molar-refractivity contribution is -0.157. The van der Waals surface area contributed by atoms with Crippen molar-refractivity contribution >= 4 is 29.1 Å². The molecule has 0 bridgehead atoms. The topological polar surface area (TPSA) is 79.9 Å². The Bertz CT molecular complexity index is 1360. The molecule has 0 saturated carbocycles. The van der Waals surface area contributed by atoms with E-state index < -0.39 is 12.1 Å². The summed E-state index contributed by atoms with van der Waals surface area (Å²) in [7, 11) is 0. The highest BCUT2D eigenvalue weighted by Crippen LogP contribution is 2.46. The first-order valence-corrected chi connectivity index (χ1v) is 12.1. The molecule has 3 atom stereocenters. The number of fused-ring (bicyclic) bond motifs is 5. The van der Waals surface area contributed by atoms with Crippen molar-refractivity contribution in [3.8, 4) is 0 Å². The zero-order valence-corrected chi connectivity index (χ0v) is 20.4. The fourth-order valence-electron chi connectivity index (χ4n) is 4.99. The monoisotopic (exact) mass is 541 g/mol. The van der Waals surface area contributed by atoms with E-state index in [1.807, 2.05) is 16.5 Å². The fraction of sp³-hybridized carbons (Fsp3) is 0.435. The molecule has 1 amide bonds. The molecular weight excluding hydrogens is 522 g/mol. The predicted molar refractivity (Wildman–Crippen MR) is 121 cm³/mol. The van der Waals surface area contributed by atoms with Crippen molar-refractivity contribution in [1.29, 1.82) is 0 Å². The number of hydrogen-bond acceptors (Lipinski definition) is 6. The maximum absolute atomic E-state index is 13.3. The molecule has 6 rings (SSSR count). The van der Waals surface area contributed by atoms with Crippen LogP contribution in [-0.2, 0) is 37.0 Å². The van der Waals surface area contributed by atoms with E-state index in [1.54, 1.807) is 23.1 Å². The van der Waals surface area contributed by atoms with Gasteiger partial charge in [0.2, 0.25) is 0 Å². The second-order valence-electron chi connectivity index (χ2n) is 9.21. The number of halogens is 5. The largest absolute Gasteiger partial charge is 0.468 e. The second kappa shape index (κ2) is 8.47. The average Bonchev–Trinajstić information content (AvgIpc) is 3.33. The molecule has 0 N–H and O–H groups in total. The van der Waals surface area contributed by atoms with Crippen molar-refractivity contribution in [3.05, 3.63) is 68.6 Å². The Labute approximate surface area is 213 Å².